The second-order valence-corrected chi connectivity index (χ2v) is 5.39. The van der Waals surface area contributed by atoms with Gasteiger partial charge in [0.25, 0.3) is 5.91 Å². The highest BCUT2D eigenvalue weighted by atomic mass is 35.5. The van der Waals surface area contributed by atoms with Crippen molar-refractivity contribution in [3.05, 3.63) is 29.6 Å². The number of ether oxygens (including phenoxy) is 1. The van der Waals surface area contributed by atoms with Crippen LogP contribution in [-0.4, -0.2) is 24.4 Å². The van der Waals surface area contributed by atoms with Crippen LogP contribution in [0.5, 0.6) is 5.75 Å². The number of nitrogens with one attached hydrogen (secondary N) is 1. The van der Waals surface area contributed by atoms with E-state index in [0.717, 1.165) is 25.7 Å². The number of halogens is 2. The highest BCUT2D eigenvalue weighted by Crippen LogP contribution is 2.23. The third-order valence-corrected chi connectivity index (χ3v) is 3.85. The zero-order valence-corrected chi connectivity index (χ0v) is 11.5. The Kier molecular flexibility index (Phi) is 4.64. The van der Waals surface area contributed by atoms with E-state index in [1.54, 1.807) is 6.07 Å². The van der Waals surface area contributed by atoms with Gasteiger partial charge in [0.05, 0.1) is 12.7 Å². The van der Waals surface area contributed by atoms with Crippen molar-refractivity contribution in [3.63, 3.8) is 0 Å². The standard InChI is InChI=1S/C14H17ClFNO2/c1-19-11-6-7-12(13(16)8-11)14(18)17-10-4-2-9(15)3-5-10/h6-10H,2-5H2,1H3,(H,17,18). The average Bonchev–Trinajstić information content (AvgIpc) is 2.41. The first-order valence-electron chi connectivity index (χ1n) is 6.38. The van der Waals surface area contributed by atoms with Gasteiger partial charge in [-0.15, -0.1) is 11.6 Å². The fraction of sp³-hybridized carbons (Fsp3) is 0.500. The molecule has 0 bridgehead atoms. The molecule has 2 rings (SSSR count). The molecule has 1 aliphatic carbocycles. The van der Waals surface area contributed by atoms with Gasteiger partial charge in [-0.3, -0.25) is 4.79 Å². The number of benzene rings is 1. The van der Waals surface area contributed by atoms with Gasteiger partial charge in [0.2, 0.25) is 0 Å². The van der Waals surface area contributed by atoms with Gasteiger partial charge in [-0.2, -0.15) is 0 Å². The molecule has 0 aromatic heterocycles. The molecule has 0 unspecified atom stereocenters. The number of carbonyl (C=O) groups is 1. The Morgan fingerprint density at radius 3 is 2.63 bits per heavy atom. The van der Waals surface area contributed by atoms with E-state index in [-0.39, 0.29) is 22.9 Å². The van der Waals surface area contributed by atoms with Crippen LogP contribution in [0.1, 0.15) is 36.0 Å². The smallest absolute Gasteiger partial charge is 0.254 e. The molecule has 1 aliphatic rings. The number of methoxy groups -OCH3 is 1. The first-order chi connectivity index (χ1) is 9.10. The largest absolute Gasteiger partial charge is 0.497 e. The Morgan fingerprint density at radius 1 is 1.37 bits per heavy atom. The van der Waals surface area contributed by atoms with Crippen LogP contribution >= 0.6 is 11.6 Å². The molecular formula is C14H17ClFNO2. The predicted molar refractivity (Wildman–Crippen MR) is 72.3 cm³/mol. The number of hydrogen-bond donors (Lipinski definition) is 1. The summed E-state index contributed by atoms with van der Waals surface area (Å²) in [4.78, 5) is 12.0. The van der Waals surface area contributed by atoms with Crippen LogP contribution in [0, 0.1) is 5.82 Å². The predicted octanol–water partition coefficient (Wildman–Crippen LogP) is 3.11. The van der Waals surface area contributed by atoms with Crippen LogP contribution in [0.25, 0.3) is 0 Å². The first kappa shape index (κ1) is 14.1. The Labute approximate surface area is 117 Å². The topological polar surface area (TPSA) is 38.3 Å². The van der Waals surface area contributed by atoms with Crippen molar-refractivity contribution in [2.45, 2.75) is 37.1 Å². The molecule has 1 aromatic rings. The maximum Gasteiger partial charge on any atom is 0.254 e. The van der Waals surface area contributed by atoms with E-state index >= 15 is 0 Å². The van der Waals surface area contributed by atoms with Crippen molar-refractivity contribution < 1.29 is 13.9 Å². The molecule has 1 fully saturated rings. The van der Waals surface area contributed by atoms with Gasteiger partial charge >= 0.3 is 0 Å². The molecule has 1 aromatic carbocycles. The summed E-state index contributed by atoms with van der Waals surface area (Å²) in [6.07, 6.45) is 3.46. The first-order valence-corrected chi connectivity index (χ1v) is 6.82. The quantitative estimate of drug-likeness (QED) is 0.867. The molecule has 104 valence electrons. The van der Waals surface area contributed by atoms with Gasteiger partial charge in [0.1, 0.15) is 11.6 Å². The number of hydrogen-bond acceptors (Lipinski definition) is 2. The van der Waals surface area contributed by atoms with Gasteiger partial charge in [-0.1, -0.05) is 0 Å². The Morgan fingerprint density at radius 2 is 2.05 bits per heavy atom. The lowest BCUT2D eigenvalue weighted by atomic mass is 9.95. The van der Waals surface area contributed by atoms with Gasteiger partial charge in [-0.05, 0) is 37.8 Å². The van der Waals surface area contributed by atoms with E-state index in [0.29, 0.717) is 5.75 Å². The second kappa shape index (κ2) is 6.24. The van der Waals surface area contributed by atoms with Gasteiger partial charge in [-0.25, -0.2) is 4.39 Å². The molecule has 0 aliphatic heterocycles. The third kappa shape index (κ3) is 3.60. The van der Waals surface area contributed by atoms with Crippen molar-refractivity contribution in [2.75, 3.05) is 7.11 Å². The zero-order valence-electron chi connectivity index (χ0n) is 10.8. The molecule has 1 amide bonds. The Bertz CT molecular complexity index is 459. The zero-order chi connectivity index (χ0) is 13.8. The van der Waals surface area contributed by atoms with Crippen LogP contribution in [0.15, 0.2) is 18.2 Å². The molecule has 5 heteroatoms. The van der Waals surface area contributed by atoms with Crippen molar-refractivity contribution >= 4 is 17.5 Å². The Hall–Kier alpha value is -1.29. The average molecular weight is 286 g/mol. The molecule has 1 N–H and O–H groups in total. The van der Waals surface area contributed by atoms with E-state index in [9.17, 15) is 9.18 Å². The van der Waals surface area contributed by atoms with E-state index < -0.39 is 5.82 Å². The minimum Gasteiger partial charge on any atom is -0.497 e. The van der Waals surface area contributed by atoms with Gasteiger partial charge in [0, 0.05) is 17.5 Å². The fourth-order valence-corrected chi connectivity index (χ4v) is 2.52. The van der Waals surface area contributed by atoms with Gasteiger partial charge in [0.15, 0.2) is 0 Å². The third-order valence-electron chi connectivity index (χ3n) is 3.41. The van der Waals surface area contributed by atoms with Crippen LogP contribution in [0.3, 0.4) is 0 Å². The summed E-state index contributed by atoms with van der Waals surface area (Å²) in [7, 11) is 1.46. The van der Waals surface area contributed by atoms with E-state index in [1.807, 2.05) is 0 Å². The summed E-state index contributed by atoms with van der Waals surface area (Å²) < 4.78 is 18.6. The molecule has 19 heavy (non-hydrogen) atoms. The van der Waals surface area contributed by atoms with E-state index in [2.05, 4.69) is 5.32 Å². The van der Waals surface area contributed by atoms with Gasteiger partial charge < -0.3 is 10.1 Å². The summed E-state index contributed by atoms with van der Waals surface area (Å²) in [6.45, 7) is 0. The molecule has 1 saturated carbocycles. The summed E-state index contributed by atoms with van der Waals surface area (Å²) in [5.74, 6) is -0.544. The molecule has 0 atom stereocenters. The number of alkyl halides is 1. The normalized spacial score (nSPS) is 22.9. The summed E-state index contributed by atoms with van der Waals surface area (Å²) in [5, 5.41) is 3.06. The second-order valence-electron chi connectivity index (χ2n) is 4.77. The highest BCUT2D eigenvalue weighted by Gasteiger charge is 2.22. The van der Waals surface area contributed by atoms with E-state index in [1.165, 1.54) is 19.2 Å². The van der Waals surface area contributed by atoms with Crippen molar-refractivity contribution in [1.29, 1.82) is 0 Å². The number of rotatable bonds is 3. The van der Waals surface area contributed by atoms with Crippen LogP contribution in [0.4, 0.5) is 4.39 Å². The highest BCUT2D eigenvalue weighted by molar-refractivity contribution is 6.20. The lowest BCUT2D eigenvalue weighted by molar-refractivity contribution is 0.0924. The molecule has 0 heterocycles. The molecule has 3 nitrogen and oxygen atoms in total. The van der Waals surface area contributed by atoms with Crippen molar-refractivity contribution in [2.24, 2.45) is 0 Å². The maximum atomic E-state index is 13.7. The van der Waals surface area contributed by atoms with Crippen molar-refractivity contribution in [1.82, 2.24) is 5.32 Å². The van der Waals surface area contributed by atoms with E-state index in [4.69, 9.17) is 16.3 Å². The minimum absolute atomic E-state index is 0.0498. The SMILES string of the molecule is COc1ccc(C(=O)NC2CCC(Cl)CC2)c(F)c1. The van der Waals surface area contributed by atoms with Crippen LogP contribution in [0.2, 0.25) is 0 Å². The summed E-state index contributed by atoms with van der Waals surface area (Å²) in [5.41, 5.74) is 0.0498. The van der Waals surface area contributed by atoms with Crippen LogP contribution < -0.4 is 10.1 Å². The lowest BCUT2D eigenvalue weighted by Crippen LogP contribution is -2.38. The Balaban J connectivity index is 2.00. The van der Waals surface area contributed by atoms with Crippen molar-refractivity contribution in [3.8, 4) is 5.75 Å². The molecule has 0 radical (unpaired) electrons. The minimum atomic E-state index is -0.567. The van der Waals surface area contributed by atoms with Crippen LogP contribution in [-0.2, 0) is 0 Å². The fourth-order valence-electron chi connectivity index (χ4n) is 2.27. The molecule has 0 saturated heterocycles. The molecule has 0 spiro atoms. The monoisotopic (exact) mass is 285 g/mol. The maximum absolute atomic E-state index is 13.7. The summed E-state index contributed by atoms with van der Waals surface area (Å²) >= 11 is 6.01. The number of carbonyl (C=O) groups excluding carboxylic acids is 1. The lowest BCUT2D eigenvalue weighted by Gasteiger charge is -2.25. The molecular weight excluding hydrogens is 269 g/mol. The summed E-state index contributed by atoms with van der Waals surface area (Å²) in [6, 6.07) is 4.32. The number of amides is 1.